The molecule has 1 aromatic heterocycles. The Morgan fingerprint density at radius 1 is 1.29 bits per heavy atom. The van der Waals surface area contributed by atoms with Crippen molar-refractivity contribution in [2.24, 2.45) is 0 Å². The van der Waals surface area contributed by atoms with E-state index >= 15 is 0 Å². The van der Waals surface area contributed by atoms with E-state index in [1.165, 1.54) is 5.56 Å². The molecule has 0 atom stereocenters. The first-order chi connectivity index (χ1) is 13.5. The van der Waals surface area contributed by atoms with Gasteiger partial charge in [-0.25, -0.2) is 0 Å². The Bertz CT molecular complexity index is 837. The number of amides is 1. The number of H-pyrrole nitrogens is 1. The second kappa shape index (κ2) is 7.59. The largest absolute Gasteiger partial charge is 0.486 e. The summed E-state index contributed by atoms with van der Waals surface area (Å²) in [6, 6.07) is 10.4. The average molecular weight is 383 g/mol. The molecule has 4 rings (SSSR count). The molecule has 1 saturated carbocycles. The van der Waals surface area contributed by atoms with Crippen LogP contribution in [0.5, 0.6) is 5.75 Å². The minimum absolute atomic E-state index is 0.00523. The number of hydrogen-bond acceptors (Lipinski definition) is 4. The Hall–Kier alpha value is -2.34. The fourth-order valence-electron chi connectivity index (χ4n) is 4.33. The Kier molecular flexibility index (Phi) is 5.15. The summed E-state index contributed by atoms with van der Waals surface area (Å²) in [4.78, 5) is 14.7. The number of para-hydroxylation sites is 1. The molecule has 28 heavy (non-hydrogen) atoms. The third-order valence-electron chi connectivity index (χ3n) is 6.23. The number of ether oxygens (including phenoxy) is 1. The fraction of sp³-hybridized carbons (Fsp3) is 0.545. The molecule has 0 radical (unpaired) electrons. The van der Waals surface area contributed by atoms with Crippen LogP contribution in [0.2, 0.25) is 0 Å². The molecule has 0 unspecified atom stereocenters. The van der Waals surface area contributed by atoms with Crippen molar-refractivity contribution in [3.63, 3.8) is 0 Å². The number of carbonyl (C=O) groups is 1. The molecule has 6 nitrogen and oxygen atoms in total. The van der Waals surface area contributed by atoms with Crippen molar-refractivity contribution in [2.45, 2.75) is 63.6 Å². The molecule has 2 aromatic rings. The van der Waals surface area contributed by atoms with Crippen molar-refractivity contribution >= 4 is 5.91 Å². The van der Waals surface area contributed by atoms with Gasteiger partial charge in [-0.3, -0.25) is 9.89 Å². The second-order valence-corrected chi connectivity index (χ2v) is 8.51. The Morgan fingerprint density at radius 3 is 2.75 bits per heavy atom. The maximum Gasteiger partial charge on any atom is 0.274 e. The summed E-state index contributed by atoms with van der Waals surface area (Å²) in [6.45, 7) is 5.87. The Morgan fingerprint density at radius 2 is 2.04 bits per heavy atom. The summed E-state index contributed by atoms with van der Waals surface area (Å²) in [6.07, 6.45) is 3.75. The second-order valence-electron chi connectivity index (χ2n) is 8.51. The lowest BCUT2D eigenvalue weighted by molar-refractivity contribution is 0.0101. The van der Waals surface area contributed by atoms with Crippen molar-refractivity contribution in [1.82, 2.24) is 20.4 Å². The van der Waals surface area contributed by atoms with Crippen LogP contribution in [-0.4, -0.2) is 46.2 Å². The molecule has 1 amide bonds. The van der Waals surface area contributed by atoms with Crippen LogP contribution in [0.25, 0.3) is 0 Å². The first-order valence-corrected chi connectivity index (χ1v) is 10.3. The number of rotatable bonds is 3. The van der Waals surface area contributed by atoms with E-state index in [1.807, 2.05) is 24.1 Å². The molecule has 2 heterocycles. The number of nitrogens with zero attached hydrogens (tertiary/aromatic N) is 2. The molecule has 2 N–H and O–H groups in total. The highest BCUT2D eigenvalue weighted by atomic mass is 16.5. The van der Waals surface area contributed by atoms with Crippen molar-refractivity contribution in [3.05, 3.63) is 47.3 Å². The minimum atomic E-state index is -0.176. The quantitative estimate of drug-likeness (QED) is 0.853. The highest BCUT2D eigenvalue weighted by molar-refractivity contribution is 5.92. The van der Waals surface area contributed by atoms with Crippen molar-refractivity contribution < 1.29 is 9.53 Å². The predicted molar refractivity (Wildman–Crippen MR) is 109 cm³/mol. The average Bonchev–Trinajstić information content (AvgIpc) is 3.12. The first kappa shape index (κ1) is 19.0. The van der Waals surface area contributed by atoms with Gasteiger partial charge in [0.15, 0.2) is 0 Å². The number of fused-ring (bicyclic) bond motifs is 1. The number of hydrogen-bond donors (Lipinski definition) is 2. The van der Waals surface area contributed by atoms with Crippen LogP contribution in [-0.2, 0) is 6.54 Å². The fourth-order valence-corrected chi connectivity index (χ4v) is 4.33. The van der Waals surface area contributed by atoms with Crippen LogP contribution < -0.4 is 10.1 Å². The van der Waals surface area contributed by atoms with Crippen molar-refractivity contribution in [2.75, 3.05) is 13.6 Å². The van der Waals surface area contributed by atoms with E-state index in [1.54, 1.807) is 0 Å². The summed E-state index contributed by atoms with van der Waals surface area (Å²) < 4.78 is 6.50. The van der Waals surface area contributed by atoms with E-state index in [9.17, 15) is 4.79 Å². The zero-order chi connectivity index (χ0) is 19.7. The van der Waals surface area contributed by atoms with Gasteiger partial charge in [0.05, 0.1) is 0 Å². The van der Waals surface area contributed by atoms with Gasteiger partial charge in [-0.15, -0.1) is 0 Å². The first-order valence-electron chi connectivity index (χ1n) is 10.3. The van der Waals surface area contributed by atoms with Gasteiger partial charge < -0.3 is 15.0 Å². The molecule has 0 bridgehead atoms. The summed E-state index contributed by atoms with van der Waals surface area (Å²) in [5.41, 5.74) is 2.54. The third kappa shape index (κ3) is 3.65. The third-order valence-corrected chi connectivity index (χ3v) is 6.23. The molecule has 1 spiro atoms. The van der Waals surface area contributed by atoms with E-state index in [-0.39, 0.29) is 17.6 Å². The summed E-state index contributed by atoms with van der Waals surface area (Å²) in [7, 11) is 1.90. The summed E-state index contributed by atoms with van der Waals surface area (Å²) in [5, 5.41) is 10.8. The zero-order valence-electron chi connectivity index (χ0n) is 17.0. The van der Waals surface area contributed by atoms with E-state index in [4.69, 9.17) is 4.74 Å². The maximum absolute atomic E-state index is 12.9. The van der Waals surface area contributed by atoms with Gasteiger partial charge in [0.1, 0.15) is 17.0 Å². The predicted octanol–water partition coefficient (Wildman–Crippen LogP) is 3.47. The summed E-state index contributed by atoms with van der Waals surface area (Å²) in [5.74, 6) is 1.32. The Balaban J connectivity index is 1.41. The molecule has 150 valence electrons. The topological polar surface area (TPSA) is 70.2 Å². The van der Waals surface area contributed by atoms with Gasteiger partial charge in [-0.05, 0) is 43.7 Å². The normalized spacial score (nSPS) is 24.5. The Labute approximate surface area is 166 Å². The highest BCUT2D eigenvalue weighted by Gasteiger charge is 2.40. The van der Waals surface area contributed by atoms with Crippen LogP contribution in [0.3, 0.4) is 0 Å². The van der Waals surface area contributed by atoms with Gasteiger partial charge in [0, 0.05) is 37.4 Å². The van der Waals surface area contributed by atoms with Gasteiger partial charge in [-0.2, -0.15) is 5.10 Å². The lowest BCUT2D eigenvalue weighted by Crippen LogP contribution is -2.51. The molecule has 2 aliphatic rings. The van der Waals surface area contributed by atoms with Crippen LogP contribution in [0.15, 0.2) is 30.3 Å². The molecular formula is C22H30N4O2. The van der Waals surface area contributed by atoms with E-state index < -0.39 is 0 Å². The molecule has 1 aromatic carbocycles. The SMILES string of the molecule is CC(C)c1cc(C(=O)N(C)C2CCC3(CC2)CNCc2ccccc2O3)n[nH]1. The molecule has 6 heteroatoms. The summed E-state index contributed by atoms with van der Waals surface area (Å²) >= 11 is 0. The van der Waals surface area contributed by atoms with E-state index in [0.717, 1.165) is 50.2 Å². The van der Waals surface area contributed by atoms with Crippen molar-refractivity contribution in [3.8, 4) is 5.75 Å². The van der Waals surface area contributed by atoms with Crippen LogP contribution in [0.1, 0.15) is 67.2 Å². The lowest BCUT2D eigenvalue weighted by atomic mass is 9.81. The zero-order valence-corrected chi connectivity index (χ0v) is 17.0. The number of nitrogens with one attached hydrogen (secondary N) is 2. The molecular weight excluding hydrogens is 352 g/mol. The van der Waals surface area contributed by atoms with E-state index in [0.29, 0.717) is 11.6 Å². The van der Waals surface area contributed by atoms with Crippen LogP contribution in [0, 0.1) is 0 Å². The van der Waals surface area contributed by atoms with Gasteiger partial charge >= 0.3 is 0 Å². The molecule has 0 saturated heterocycles. The molecule has 1 aliphatic heterocycles. The van der Waals surface area contributed by atoms with Gasteiger partial charge in [0.25, 0.3) is 5.91 Å². The van der Waals surface area contributed by atoms with Crippen molar-refractivity contribution in [1.29, 1.82) is 0 Å². The number of aromatic nitrogens is 2. The monoisotopic (exact) mass is 382 g/mol. The maximum atomic E-state index is 12.9. The highest BCUT2D eigenvalue weighted by Crippen LogP contribution is 2.37. The number of aromatic amines is 1. The lowest BCUT2D eigenvalue weighted by Gasteiger charge is -2.42. The molecule has 1 fully saturated rings. The van der Waals surface area contributed by atoms with Crippen LogP contribution >= 0.6 is 0 Å². The van der Waals surface area contributed by atoms with Gasteiger partial charge in [-0.1, -0.05) is 32.0 Å². The van der Waals surface area contributed by atoms with E-state index in [2.05, 4.69) is 47.6 Å². The van der Waals surface area contributed by atoms with Gasteiger partial charge in [0.2, 0.25) is 0 Å². The minimum Gasteiger partial charge on any atom is -0.486 e. The smallest absolute Gasteiger partial charge is 0.274 e. The van der Waals surface area contributed by atoms with Crippen LogP contribution in [0.4, 0.5) is 0 Å². The molecule has 1 aliphatic carbocycles. The standard InChI is InChI=1S/C22H30N4O2/c1-15(2)18-12-19(25-24-18)21(27)26(3)17-8-10-22(11-9-17)14-23-13-16-6-4-5-7-20(16)28-22/h4-7,12,15,17,23H,8-11,13-14H2,1-3H3,(H,24,25). The number of carbonyl (C=O) groups excluding carboxylic acids is 1. The number of benzene rings is 1.